The van der Waals surface area contributed by atoms with Crippen LogP contribution in [-0.2, 0) is 9.47 Å². The van der Waals surface area contributed by atoms with Crippen molar-refractivity contribution in [3.05, 3.63) is 0 Å². The second-order valence-corrected chi connectivity index (χ2v) is 6.34. The summed E-state index contributed by atoms with van der Waals surface area (Å²) in [4.78, 5) is 11.6. The Kier molecular flexibility index (Phi) is 6.71. The lowest BCUT2D eigenvalue weighted by Gasteiger charge is -2.20. The van der Waals surface area contributed by atoms with Gasteiger partial charge in [0.15, 0.2) is 0 Å². The molecule has 118 valence electrons. The second-order valence-electron chi connectivity index (χ2n) is 6.34. The van der Waals surface area contributed by atoms with Gasteiger partial charge in [0.2, 0.25) is 0 Å². The van der Waals surface area contributed by atoms with Gasteiger partial charge in [-0.3, -0.25) is 0 Å². The van der Waals surface area contributed by atoms with Crippen LogP contribution >= 0.6 is 0 Å². The third kappa shape index (κ3) is 7.07. The highest BCUT2D eigenvalue weighted by Crippen LogP contribution is 2.23. The monoisotopic (exact) mass is 287 g/mol. The molecule has 0 spiro atoms. The number of alkyl carbamates (subject to hydrolysis) is 1. The molecular weight excluding hydrogens is 258 g/mol. The first-order chi connectivity index (χ1) is 9.35. The molecule has 6 nitrogen and oxygen atoms in total. The Hall–Kier alpha value is -0.850. The summed E-state index contributed by atoms with van der Waals surface area (Å²) in [6.45, 7) is 6.92. The lowest BCUT2D eigenvalue weighted by Crippen LogP contribution is -2.41. The van der Waals surface area contributed by atoms with Gasteiger partial charge in [-0.25, -0.2) is 4.79 Å². The molecule has 1 amide bonds. The minimum Gasteiger partial charge on any atom is -0.444 e. The van der Waals surface area contributed by atoms with Crippen molar-refractivity contribution in [1.82, 2.24) is 10.6 Å². The predicted molar refractivity (Wildman–Crippen MR) is 78.7 cm³/mol. The molecule has 1 aliphatic rings. The van der Waals surface area contributed by atoms with Gasteiger partial charge in [-0.05, 0) is 46.6 Å². The first-order valence-electron chi connectivity index (χ1n) is 7.30. The van der Waals surface area contributed by atoms with E-state index in [9.17, 15) is 4.79 Å². The highest BCUT2D eigenvalue weighted by molar-refractivity contribution is 5.68. The molecule has 1 saturated carbocycles. The van der Waals surface area contributed by atoms with Crippen LogP contribution in [0.15, 0.2) is 0 Å². The first-order valence-corrected chi connectivity index (χ1v) is 7.30. The molecule has 1 aliphatic carbocycles. The minimum absolute atomic E-state index is 0.155. The van der Waals surface area contributed by atoms with Crippen LogP contribution in [-0.4, -0.2) is 50.1 Å². The number of methoxy groups -OCH3 is 1. The summed E-state index contributed by atoms with van der Waals surface area (Å²) in [5, 5.41) is 6.37. The second kappa shape index (κ2) is 7.81. The molecule has 0 aliphatic heterocycles. The number of carbonyl (C=O) groups excluding carboxylic acids is 1. The summed E-state index contributed by atoms with van der Waals surface area (Å²) in [7, 11) is 1.69. The van der Waals surface area contributed by atoms with Gasteiger partial charge in [-0.15, -0.1) is 0 Å². The van der Waals surface area contributed by atoms with E-state index in [1.165, 1.54) is 0 Å². The van der Waals surface area contributed by atoms with E-state index >= 15 is 0 Å². The molecule has 0 radical (unpaired) electrons. The Bertz CT molecular complexity index is 305. The molecule has 6 heteroatoms. The van der Waals surface area contributed by atoms with Crippen LogP contribution in [0.3, 0.4) is 0 Å². The van der Waals surface area contributed by atoms with Gasteiger partial charge in [0, 0.05) is 25.2 Å². The first kappa shape index (κ1) is 17.2. The van der Waals surface area contributed by atoms with Crippen LogP contribution in [0.2, 0.25) is 0 Å². The van der Waals surface area contributed by atoms with E-state index in [1.54, 1.807) is 7.11 Å². The van der Waals surface area contributed by atoms with E-state index in [0.717, 1.165) is 19.3 Å². The number of carbonyl (C=O) groups is 1. The van der Waals surface area contributed by atoms with Crippen molar-refractivity contribution in [2.24, 2.45) is 5.73 Å². The summed E-state index contributed by atoms with van der Waals surface area (Å²) in [5.74, 6) is 0. The smallest absolute Gasteiger partial charge is 0.407 e. The summed E-state index contributed by atoms with van der Waals surface area (Å²) in [5.41, 5.74) is 5.07. The maximum Gasteiger partial charge on any atom is 0.407 e. The summed E-state index contributed by atoms with van der Waals surface area (Å²) >= 11 is 0. The fraction of sp³-hybridized carbons (Fsp3) is 0.929. The Morgan fingerprint density at radius 1 is 1.40 bits per heavy atom. The molecule has 20 heavy (non-hydrogen) atoms. The highest BCUT2D eigenvalue weighted by Gasteiger charge is 2.40. The van der Waals surface area contributed by atoms with E-state index in [0.29, 0.717) is 25.2 Å². The third-order valence-corrected chi connectivity index (χ3v) is 3.07. The minimum atomic E-state index is -0.457. The summed E-state index contributed by atoms with van der Waals surface area (Å²) in [6, 6.07) is 0.751. The van der Waals surface area contributed by atoms with E-state index in [-0.39, 0.29) is 12.1 Å². The fourth-order valence-electron chi connectivity index (χ4n) is 2.08. The molecule has 3 atom stereocenters. The number of hydrogen-bond acceptors (Lipinski definition) is 5. The van der Waals surface area contributed by atoms with Gasteiger partial charge in [0.25, 0.3) is 0 Å². The molecule has 0 heterocycles. The topological polar surface area (TPSA) is 85.6 Å². The van der Waals surface area contributed by atoms with Gasteiger partial charge in [0.1, 0.15) is 5.60 Å². The number of rotatable bonds is 8. The Balaban J connectivity index is 2.25. The van der Waals surface area contributed by atoms with Gasteiger partial charge < -0.3 is 25.8 Å². The van der Waals surface area contributed by atoms with Gasteiger partial charge in [0.05, 0.1) is 6.61 Å². The molecular formula is C14H29N3O3. The van der Waals surface area contributed by atoms with Crippen molar-refractivity contribution < 1.29 is 14.3 Å². The normalized spacial score (nSPS) is 23.2. The van der Waals surface area contributed by atoms with Gasteiger partial charge >= 0.3 is 6.09 Å². The van der Waals surface area contributed by atoms with E-state index in [4.69, 9.17) is 15.2 Å². The van der Waals surface area contributed by atoms with Crippen LogP contribution in [0, 0.1) is 0 Å². The quantitative estimate of drug-likeness (QED) is 0.620. The zero-order valence-electron chi connectivity index (χ0n) is 13.1. The molecule has 1 rings (SSSR count). The largest absolute Gasteiger partial charge is 0.444 e. The Morgan fingerprint density at radius 3 is 2.65 bits per heavy atom. The van der Waals surface area contributed by atoms with Crippen molar-refractivity contribution >= 4 is 6.09 Å². The maximum absolute atomic E-state index is 11.6. The number of amides is 1. The lowest BCUT2D eigenvalue weighted by molar-refractivity contribution is 0.0521. The Labute approximate surface area is 121 Å². The lowest BCUT2D eigenvalue weighted by atomic mass is 10.1. The number of nitrogens with two attached hydrogens (primary N) is 1. The van der Waals surface area contributed by atoms with Crippen molar-refractivity contribution in [2.75, 3.05) is 20.3 Å². The van der Waals surface area contributed by atoms with E-state index in [2.05, 4.69) is 10.6 Å². The highest BCUT2D eigenvalue weighted by atomic mass is 16.6. The molecule has 0 bridgehead atoms. The number of ether oxygens (including phenoxy) is 2. The standard InChI is InChI=1S/C14H29N3O3/c1-14(2,3)20-13(18)17-12-8-11(12)16-10(9-19-4)6-5-7-15/h10-12,16H,5-9,15H2,1-4H3,(H,17,18). The zero-order chi connectivity index (χ0) is 15.2. The third-order valence-electron chi connectivity index (χ3n) is 3.07. The summed E-state index contributed by atoms with van der Waals surface area (Å²) < 4.78 is 10.4. The molecule has 0 aromatic rings. The van der Waals surface area contributed by atoms with Crippen LogP contribution in [0.4, 0.5) is 4.79 Å². The van der Waals surface area contributed by atoms with E-state index in [1.807, 2.05) is 20.8 Å². The molecule has 0 aromatic carbocycles. The van der Waals surface area contributed by atoms with E-state index < -0.39 is 5.60 Å². The van der Waals surface area contributed by atoms with Crippen molar-refractivity contribution in [3.8, 4) is 0 Å². The molecule has 0 saturated heterocycles. The van der Waals surface area contributed by atoms with Crippen LogP contribution in [0.5, 0.6) is 0 Å². The molecule has 1 fully saturated rings. The van der Waals surface area contributed by atoms with Crippen LogP contribution in [0.1, 0.15) is 40.0 Å². The Morgan fingerprint density at radius 2 is 2.10 bits per heavy atom. The fourth-order valence-corrected chi connectivity index (χ4v) is 2.08. The van der Waals surface area contributed by atoms with Crippen molar-refractivity contribution in [1.29, 1.82) is 0 Å². The van der Waals surface area contributed by atoms with Crippen LogP contribution < -0.4 is 16.4 Å². The zero-order valence-corrected chi connectivity index (χ0v) is 13.1. The van der Waals surface area contributed by atoms with Crippen molar-refractivity contribution in [2.45, 2.75) is 63.8 Å². The van der Waals surface area contributed by atoms with Crippen LogP contribution in [0.25, 0.3) is 0 Å². The van der Waals surface area contributed by atoms with Gasteiger partial charge in [-0.1, -0.05) is 0 Å². The predicted octanol–water partition coefficient (Wildman–Crippen LogP) is 0.996. The maximum atomic E-state index is 11.6. The number of nitrogens with one attached hydrogen (secondary N) is 2. The average Bonchev–Trinajstić information content (AvgIpc) is 3.01. The summed E-state index contributed by atoms with van der Waals surface area (Å²) in [6.07, 6.45) is 2.54. The molecule has 3 unspecified atom stereocenters. The molecule has 0 aromatic heterocycles. The molecule has 4 N–H and O–H groups in total. The van der Waals surface area contributed by atoms with Crippen molar-refractivity contribution in [3.63, 3.8) is 0 Å². The van der Waals surface area contributed by atoms with Gasteiger partial charge in [-0.2, -0.15) is 0 Å². The SMILES string of the molecule is COCC(CCCN)NC1CC1NC(=O)OC(C)(C)C. The number of hydrogen-bond donors (Lipinski definition) is 3. The average molecular weight is 287 g/mol.